The van der Waals surface area contributed by atoms with Gasteiger partial charge in [0.15, 0.2) is 0 Å². The summed E-state index contributed by atoms with van der Waals surface area (Å²) in [6, 6.07) is 13.1. The van der Waals surface area contributed by atoms with Crippen molar-refractivity contribution in [2.75, 3.05) is 5.32 Å². The van der Waals surface area contributed by atoms with Gasteiger partial charge in [-0.25, -0.2) is 0 Å². The van der Waals surface area contributed by atoms with Gasteiger partial charge < -0.3 is 9.73 Å². The second kappa shape index (κ2) is 6.46. The number of rotatable bonds is 6. The van der Waals surface area contributed by atoms with Gasteiger partial charge in [-0.05, 0) is 49.1 Å². The predicted molar refractivity (Wildman–Crippen MR) is 80.6 cm³/mol. The molecule has 1 aromatic heterocycles. The fraction of sp³-hybridized carbons (Fsp3) is 0.412. The molecule has 2 aromatic rings. The van der Waals surface area contributed by atoms with Crippen LogP contribution < -0.4 is 5.32 Å². The van der Waals surface area contributed by atoms with Gasteiger partial charge in [0.2, 0.25) is 0 Å². The summed E-state index contributed by atoms with van der Waals surface area (Å²) in [5, 5.41) is 3.56. The van der Waals surface area contributed by atoms with Crippen LogP contribution in [-0.4, -0.2) is 6.04 Å². The van der Waals surface area contributed by atoms with Crippen LogP contribution in [0, 0.1) is 0 Å². The van der Waals surface area contributed by atoms with E-state index >= 15 is 0 Å². The van der Waals surface area contributed by atoms with E-state index in [1.807, 2.05) is 12.1 Å². The van der Waals surface area contributed by atoms with Crippen LogP contribution in [0.25, 0.3) is 0 Å². The Bertz CT molecular complexity index is 488. The molecular weight excluding hydrogens is 234 g/mol. The molecule has 1 unspecified atom stereocenters. The Balaban J connectivity index is 1.87. The number of furan rings is 1. The largest absolute Gasteiger partial charge is 0.469 e. The summed E-state index contributed by atoms with van der Waals surface area (Å²) in [6.07, 6.45) is 3.78. The van der Waals surface area contributed by atoms with E-state index in [1.54, 1.807) is 6.26 Å². The van der Waals surface area contributed by atoms with Crippen molar-refractivity contribution in [2.45, 2.75) is 45.6 Å². The van der Waals surface area contributed by atoms with Crippen LogP contribution in [0.5, 0.6) is 0 Å². The Morgan fingerprint density at radius 1 is 1.11 bits per heavy atom. The van der Waals surface area contributed by atoms with E-state index in [1.165, 1.54) is 11.3 Å². The van der Waals surface area contributed by atoms with Crippen molar-refractivity contribution in [3.63, 3.8) is 0 Å². The Hall–Kier alpha value is -1.70. The molecule has 19 heavy (non-hydrogen) atoms. The highest BCUT2D eigenvalue weighted by Gasteiger charge is 2.05. The van der Waals surface area contributed by atoms with Gasteiger partial charge in [0.1, 0.15) is 5.76 Å². The smallest absolute Gasteiger partial charge is 0.103 e. The Morgan fingerprint density at radius 3 is 2.63 bits per heavy atom. The molecule has 0 saturated heterocycles. The van der Waals surface area contributed by atoms with E-state index in [4.69, 9.17) is 4.42 Å². The lowest BCUT2D eigenvalue weighted by Gasteiger charge is -2.16. The van der Waals surface area contributed by atoms with Gasteiger partial charge in [-0.2, -0.15) is 0 Å². The zero-order valence-corrected chi connectivity index (χ0v) is 12.0. The number of aryl methyl sites for hydroxylation is 1. The minimum absolute atomic E-state index is 0.438. The van der Waals surface area contributed by atoms with Crippen LogP contribution in [0.15, 0.2) is 47.1 Å². The van der Waals surface area contributed by atoms with Crippen LogP contribution in [0.2, 0.25) is 0 Å². The lowest BCUT2D eigenvalue weighted by atomic mass is 10.0. The van der Waals surface area contributed by atoms with Gasteiger partial charge >= 0.3 is 0 Å². The third-order valence-electron chi connectivity index (χ3n) is 3.37. The quantitative estimate of drug-likeness (QED) is 0.801. The van der Waals surface area contributed by atoms with Crippen molar-refractivity contribution >= 4 is 5.69 Å². The molecule has 102 valence electrons. The van der Waals surface area contributed by atoms with Crippen molar-refractivity contribution in [2.24, 2.45) is 0 Å². The average Bonchev–Trinajstić information content (AvgIpc) is 2.90. The summed E-state index contributed by atoms with van der Waals surface area (Å²) in [5.41, 5.74) is 2.58. The minimum atomic E-state index is 0.438. The first kappa shape index (κ1) is 13.7. The van der Waals surface area contributed by atoms with Gasteiger partial charge in [-0.1, -0.05) is 26.0 Å². The molecule has 0 aliphatic carbocycles. The molecule has 0 aliphatic rings. The molecular formula is C17H23NO. The van der Waals surface area contributed by atoms with E-state index in [9.17, 15) is 0 Å². The Labute approximate surface area is 115 Å². The maximum Gasteiger partial charge on any atom is 0.103 e. The molecule has 0 radical (unpaired) electrons. The second-order valence-corrected chi connectivity index (χ2v) is 5.44. The maximum atomic E-state index is 5.36. The standard InChI is InChI=1S/C17H23NO/c1-13(2)15-6-4-7-16(12-15)18-14(3)9-10-17-8-5-11-19-17/h4-8,11-14,18H,9-10H2,1-3H3. The highest BCUT2D eigenvalue weighted by atomic mass is 16.3. The van der Waals surface area contributed by atoms with Crippen LogP contribution >= 0.6 is 0 Å². The second-order valence-electron chi connectivity index (χ2n) is 5.44. The molecule has 2 rings (SSSR count). The number of hydrogen-bond donors (Lipinski definition) is 1. The lowest BCUT2D eigenvalue weighted by Crippen LogP contribution is -2.16. The van der Waals surface area contributed by atoms with Gasteiger partial charge in [-0.3, -0.25) is 0 Å². The van der Waals surface area contributed by atoms with Gasteiger partial charge in [0.25, 0.3) is 0 Å². The highest BCUT2D eigenvalue weighted by molar-refractivity contribution is 5.47. The van der Waals surface area contributed by atoms with Gasteiger partial charge in [0.05, 0.1) is 6.26 Å². The van der Waals surface area contributed by atoms with Crippen LogP contribution in [0.4, 0.5) is 5.69 Å². The number of hydrogen-bond acceptors (Lipinski definition) is 2. The molecule has 0 spiro atoms. The van der Waals surface area contributed by atoms with Crippen LogP contribution in [-0.2, 0) is 6.42 Å². The first-order chi connectivity index (χ1) is 9.15. The average molecular weight is 257 g/mol. The topological polar surface area (TPSA) is 25.2 Å². The molecule has 0 saturated carbocycles. The monoisotopic (exact) mass is 257 g/mol. The van der Waals surface area contributed by atoms with Crippen molar-refractivity contribution < 1.29 is 4.42 Å². The Morgan fingerprint density at radius 2 is 1.95 bits per heavy atom. The summed E-state index contributed by atoms with van der Waals surface area (Å²) in [5.74, 6) is 1.63. The normalized spacial score (nSPS) is 12.6. The molecule has 1 N–H and O–H groups in total. The number of anilines is 1. The third-order valence-corrected chi connectivity index (χ3v) is 3.37. The molecule has 0 amide bonds. The fourth-order valence-electron chi connectivity index (χ4n) is 2.16. The maximum absolute atomic E-state index is 5.36. The molecule has 2 heteroatoms. The summed E-state index contributed by atoms with van der Waals surface area (Å²) >= 11 is 0. The van der Waals surface area contributed by atoms with Gasteiger partial charge in [-0.15, -0.1) is 0 Å². The van der Waals surface area contributed by atoms with Crippen LogP contribution in [0.1, 0.15) is 44.4 Å². The Kier molecular flexibility index (Phi) is 4.67. The number of nitrogens with one attached hydrogen (secondary N) is 1. The molecule has 1 aromatic carbocycles. The van der Waals surface area contributed by atoms with Crippen molar-refractivity contribution in [1.29, 1.82) is 0 Å². The van der Waals surface area contributed by atoms with E-state index in [2.05, 4.69) is 50.4 Å². The molecule has 0 bridgehead atoms. The fourth-order valence-corrected chi connectivity index (χ4v) is 2.16. The molecule has 1 atom stereocenters. The third kappa shape index (κ3) is 4.16. The van der Waals surface area contributed by atoms with E-state index in [0.29, 0.717) is 12.0 Å². The molecule has 0 aliphatic heterocycles. The molecule has 2 nitrogen and oxygen atoms in total. The summed E-state index contributed by atoms with van der Waals surface area (Å²) < 4.78 is 5.36. The van der Waals surface area contributed by atoms with E-state index < -0.39 is 0 Å². The van der Waals surface area contributed by atoms with Crippen molar-refractivity contribution in [1.82, 2.24) is 0 Å². The summed E-state index contributed by atoms with van der Waals surface area (Å²) in [6.45, 7) is 6.66. The first-order valence-electron chi connectivity index (χ1n) is 7.04. The highest BCUT2D eigenvalue weighted by Crippen LogP contribution is 2.19. The molecule has 1 heterocycles. The zero-order chi connectivity index (χ0) is 13.7. The zero-order valence-electron chi connectivity index (χ0n) is 12.0. The first-order valence-corrected chi connectivity index (χ1v) is 7.04. The number of benzene rings is 1. The SMILES string of the molecule is CC(CCc1ccco1)Nc1cccc(C(C)C)c1. The summed E-state index contributed by atoms with van der Waals surface area (Å²) in [4.78, 5) is 0. The predicted octanol–water partition coefficient (Wildman–Crippen LogP) is 4.84. The van der Waals surface area contributed by atoms with E-state index in [-0.39, 0.29) is 0 Å². The molecule has 0 fully saturated rings. The van der Waals surface area contributed by atoms with Crippen molar-refractivity contribution in [3.05, 3.63) is 54.0 Å². The van der Waals surface area contributed by atoms with Gasteiger partial charge in [0, 0.05) is 18.2 Å². The summed E-state index contributed by atoms with van der Waals surface area (Å²) in [7, 11) is 0. The van der Waals surface area contributed by atoms with Crippen molar-refractivity contribution in [3.8, 4) is 0 Å². The van der Waals surface area contributed by atoms with Crippen LogP contribution in [0.3, 0.4) is 0 Å². The minimum Gasteiger partial charge on any atom is -0.469 e. The van der Waals surface area contributed by atoms with E-state index in [0.717, 1.165) is 18.6 Å². The lowest BCUT2D eigenvalue weighted by molar-refractivity contribution is 0.495.